The fourth-order valence-corrected chi connectivity index (χ4v) is 2.77. The molecule has 0 aliphatic heterocycles. The SMILES string of the molecule is CCN(Cc1noc(C2CCC2)n1)C(=O)NCCCc1ccccn1. The molecule has 0 spiro atoms. The van der Waals surface area contributed by atoms with Crippen molar-refractivity contribution >= 4 is 6.03 Å². The first-order valence-corrected chi connectivity index (χ1v) is 9.01. The number of hydrogen-bond donors (Lipinski definition) is 1. The Morgan fingerprint density at radius 3 is 2.96 bits per heavy atom. The van der Waals surface area contributed by atoms with E-state index >= 15 is 0 Å². The van der Waals surface area contributed by atoms with E-state index in [1.165, 1.54) is 6.42 Å². The minimum atomic E-state index is -0.0986. The van der Waals surface area contributed by atoms with Crippen LogP contribution in [0.1, 0.15) is 55.9 Å². The molecular formula is C18H25N5O2. The van der Waals surface area contributed by atoms with Gasteiger partial charge in [0.1, 0.15) is 0 Å². The molecule has 2 aromatic heterocycles. The van der Waals surface area contributed by atoms with Gasteiger partial charge in [-0.1, -0.05) is 17.6 Å². The molecule has 0 radical (unpaired) electrons. The molecule has 0 bridgehead atoms. The van der Waals surface area contributed by atoms with Crippen LogP contribution in [0.25, 0.3) is 0 Å². The molecule has 2 amide bonds. The first-order chi connectivity index (χ1) is 12.3. The summed E-state index contributed by atoms with van der Waals surface area (Å²) in [5, 5.41) is 6.96. The van der Waals surface area contributed by atoms with Crippen molar-refractivity contribution in [3.63, 3.8) is 0 Å². The third-order valence-electron chi connectivity index (χ3n) is 4.55. The van der Waals surface area contributed by atoms with E-state index in [1.807, 2.05) is 25.1 Å². The fraction of sp³-hybridized carbons (Fsp3) is 0.556. The molecule has 134 valence electrons. The van der Waals surface area contributed by atoms with Gasteiger partial charge in [-0.2, -0.15) is 4.98 Å². The van der Waals surface area contributed by atoms with Gasteiger partial charge in [-0.05, 0) is 44.7 Å². The van der Waals surface area contributed by atoms with Crippen LogP contribution >= 0.6 is 0 Å². The number of carbonyl (C=O) groups excluding carboxylic acids is 1. The van der Waals surface area contributed by atoms with E-state index in [2.05, 4.69) is 20.4 Å². The molecule has 0 unspecified atom stereocenters. The second-order valence-corrected chi connectivity index (χ2v) is 6.35. The lowest BCUT2D eigenvalue weighted by atomic mass is 9.85. The van der Waals surface area contributed by atoms with Gasteiger partial charge in [0.15, 0.2) is 5.82 Å². The maximum absolute atomic E-state index is 12.3. The summed E-state index contributed by atoms with van der Waals surface area (Å²) < 4.78 is 5.31. The lowest BCUT2D eigenvalue weighted by molar-refractivity contribution is 0.196. The van der Waals surface area contributed by atoms with E-state index in [-0.39, 0.29) is 6.03 Å². The Labute approximate surface area is 147 Å². The van der Waals surface area contributed by atoms with Crippen LogP contribution in [0, 0.1) is 0 Å². The average Bonchev–Trinajstić information content (AvgIpc) is 3.03. The molecule has 1 fully saturated rings. The number of hydrogen-bond acceptors (Lipinski definition) is 5. The van der Waals surface area contributed by atoms with Gasteiger partial charge >= 0.3 is 6.03 Å². The Morgan fingerprint density at radius 2 is 2.28 bits per heavy atom. The highest BCUT2D eigenvalue weighted by Gasteiger charge is 2.26. The van der Waals surface area contributed by atoms with Gasteiger partial charge in [0, 0.05) is 30.9 Å². The molecule has 3 rings (SSSR count). The number of aromatic nitrogens is 3. The Kier molecular flexibility index (Phi) is 5.98. The third-order valence-corrected chi connectivity index (χ3v) is 4.55. The van der Waals surface area contributed by atoms with Gasteiger partial charge in [-0.3, -0.25) is 4.98 Å². The highest BCUT2D eigenvalue weighted by atomic mass is 16.5. The zero-order valence-electron chi connectivity index (χ0n) is 14.6. The predicted molar refractivity (Wildman–Crippen MR) is 92.9 cm³/mol. The maximum Gasteiger partial charge on any atom is 0.317 e. The third kappa shape index (κ3) is 4.78. The number of amides is 2. The van der Waals surface area contributed by atoms with Crippen LogP contribution < -0.4 is 5.32 Å². The van der Waals surface area contributed by atoms with Crippen molar-refractivity contribution in [1.82, 2.24) is 25.3 Å². The summed E-state index contributed by atoms with van der Waals surface area (Å²) in [5.41, 5.74) is 1.04. The van der Waals surface area contributed by atoms with E-state index in [0.717, 1.165) is 31.4 Å². The molecule has 0 atom stereocenters. The highest BCUT2D eigenvalue weighted by Crippen LogP contribution is 2.35. The number of pyridine rings is 1. The minimum Gasteiger partial charge on any atom is -0.339 e. The molecule has 1 aliphatic rings. The summed E-state index contributed by atoms with van der Waals surface area (Å²) in [4.78, 5) is 22.7. The summed E-state index contributed by atoms with van der Waals surface area (Å²) >= 11 is 0. The first kappa shape index (κ1) is 17.4. The molecule has 7 heteroatoms. The van der Waals surface area contributed by atoms with E-state index < -0.39 is 0 Å². The van der Waals surface area contributed by atoms with Crippen LogP contribution in [0.15, 0.2) is 28.9 Å². The second-order valence-electron chi connectivity index (χ2n) is 6.35. The average molecular weight is 343 g/mol. The van der Waals surface area contributed by atoms with Crippen molar-refractivity contribution in [2.45, 2.75) is 51.5 Å². The van der Waals surface area contributed by atoms with E-state index in [0.29, 0.717) is 37.3 Å². The number of nitrogens with zero attached hydrogens (tertiary/aromatic N) is 4. The first-order valence-electron chi connectivity index (χ1n) is 9.01. The molecule has 1 aliphatic carbocycles. The van der Waals surface area contributed by atoms with Crippen molar-refractivity contribution in [3.8, 4) is 0 Å². The summed E-state index contributed by atoms with van der Waals surface area (Å²) in [6.45, 7) is 3.53. The fourth-order valence-electron chi connectivity index (χ4n) is 2.77. The van der Waals surface area contributed by atoms with Gasteiger partial charge in [0.2, 0.25) is 5.89 Å². The lowest BCUT2D eigenvalue weighted by Gasteiger charge is -2.21. The molecule has 0 saturated heterocycles. The molecular weight excluding hydrogens is 318 g/mol. The number of aryl methyl sites for hydroxylation is 1. The van der Waals surface area contributed by atoms with Gasteiger partial charge in [0.25, 0.3) is 0 Å². The van der Waals surface area contributed by atoms with E-state index in [1.54, 1.807) is 11.1 Å². The van der Waals surface area contributed by atoms with Crippen molar-refractivity contribution in [3.05, 3.63) is 41.8 Å². The van der Waals surface area contributed by atoms with Crippen LogP contribution in [-0.2, 0) is 13.0 Å². The van der Waals surface area contributed by atoms with Crippen molar-refractivity contribution in [2.24, 2.45) is 0 Å². The lowest BCUT2D eigenvalue weighted by Crippen LogP contribution is -2.40. The monoisotopic (exact) mass is 343 g/mol. The minimum absolute atomic E-state index is 0.0986. The topological polar surface area (TPSA) is 84.2 Å². The second kappa shape index (κ2) is 8.60. The number of nitrogens with one attached hydrogen (secondary N) is 1. The normalized spacial score (nSPS) is 14.1. The van der Waals surface area contributed by atoms with Gasteiger partial charge in [0.05, 0.1) is 6.54 Å². The van der Waals surface area contributed by atoms with Gasteiger partial charge in [-0.15, -0.1) is 0 Å². The van der Waals surface area contributed by atoms with Crippen molar-refractivity contribution in [2.75, 3.05) is 13.1 Å². The highest BCUT2D eigenvalue weighted by molar-refractivity contribution is 5.73. The Bertz CT molecular complexity index is 669. The van der Waals surface area contributed by atoms with Crippen LogP contribution in [0.4, 0.5) is 4.79 Å². The van der Waals surface area contributed by atoms with E-state index in [4.69, 9.17) is 4.52 Å². The Hall–Kier alpha value is -2.44. The largest absolute Gasteiger partial charge is 0.339 e. The number of carbonyl (C=O) groups is 1. The Morgan fingerprint density at radius 1 is 1.40 bits per heavy atom. The van der Waals surface area contributed by atoms with Crippen molar-refractivity contribution < 1.29 is 9.32 Å². The predicted octanol–water partition coefficient (Wildman–Crippen LogP) is 2.90. The molecule has 1 saturated carbocycles. The standard InChI is InChI=1S/C18H25N5O2/c1-2-23(13-16-21-17(25-22-16)14-7-5-8-14)18(24)20-12-6-10-15-9-3-4-11-19-15/h3-4,9,11,14H,2,5-8,10,12-13H2,1H3,(H,20,24). The van der Waals surface area contributed by atoms with Gasteiger partial charge in [-0.25, -0.2) is 4.79 Å². The van der Waals surface area contributed by atoms with E-state index in [9.17, 15) is 4.79 Å². The zero-order valence-corrected chi connectivity index (χ0v) is 14.6. The molecule has 7 nitrogen and oxygen atoms in total. The van der Waals surface area contributed by atoms with Gasteiger partial charge < -0.3 is 14.7 Å². The summed E-state index contributed by atoms with van der Waals surface area (Å²) in [7, 11) is 0. The summed E-state index contributed by atoms with van der Waals surface area (Å²) in [5.74, 6) is 1.71. The summed E-state index contributed by atoms with van der Waals surface area (Å²) in [6, 6.07) is 5.77. The van der Waals surface area contributed by atoms with Crippen LogP contribution in [0.5, 0.6) is 0 Å². The quantitative estimate of drug-likeness (QED) is 0.745. The van der Waals surface area contributed by atoms with Crippen LogP contribution in [0.3, 0.4) is 0 Å². The molecule has 2 aromatic rings. The zero-order chi connectivity index (χ0) is 17.5. The number of urea groups is 1. The molecule has 2 heterocycles. The maximum atomic E-state index is 12.3. The molecule has 1 N–H and O–H groups in total. The summed E-state index contributed by atoms with van der Waals surface area (Å²) in [6.07, 6.45) is 6.96. The van der Waals surface area contributed by atoms with Crippen LogP contribution in [-0.4, -0.2) is 39.1 Å². The molecule has 25 heavy (non-hydrogen) atoms. The number of rotatable bonds is 8. The Balaban J connectivity index is 1.42. The van der Waals surface area contributed by atoms with Crippen LogP contribution in [0.2, 0.25) is 0 Å². The van der Waals surface area contributed by atoms with Crippen molar-refractivity contribution in [1.29, 1.82) is 0 Å². The molecule has 0 aromatic carbocycles. The smallest absolute Gasteiger partial charge is 0.317 e.